The van der Waals surface area contributed by atoms with Crippen molar-refractivity contribution in [2.45, 2.75) is 26.7 Å². The zero-order valence-electron chi connectivity index (χ0n) is 17.8. The van der Waals surface area contributed by atoms with Crippen molar-refractivity contribution in [3.63, 3.8) is 0 Å². The van der Waals surface area contributed by atoms with E-state index in [-0.39, 0.29) is 18.4 Å². The molecule has 0 aliphatic heterocycles. The summed E-state index contributed by atoms with van der Waals surface area (Å²) in [5, 5.41) is 5.92. The van der Waals surface area contributed by atoms with E-state index in [0.29, 0.717) is 23.6 Å². The summed E-state index contributed by atoms with van der Waals surface area (Å²) in [6, 6.07) is 14.5. The largest absolute Gasteiger partial charge is 0.489 e. The predicted molar refractivity (Wildman–Crippen MR) is 122 cm³/mol. The summed E-state index contributed by atoms with van der Waals surface area (Å²) in [7, 11) is 0. The van der Waals surface area contributed by atoms with Crippen LogP contribution in [0.2, 0.25) is 0 Å². The number of hydrogen-bond donors (Lipinski definition) is 2. The molecule has 2 aromatic carbocycles. The van der Waals surface area contributed by atoms with Crippen molar-refractivity contribution in [2.24, 2.45) is 0 Å². The molecule has 0 saturated carbocycles. The Morgan fingerprint density at radius 3 is 2.43 bits per heavy atom. The molecule has 160 valence electrons. The molecular formula is C24H31N3O3. The van der Waals surface area contributed by atoms with E-state index in [2.05, 4.69) is 31.1 Å². The van der Waals surface area contributed by atoms with Crippen molar-refractivity contribution in [1.82, 2.24) is 4.90 Å². The summed E-state index contributed by atoms with van der Waals surface area (Å²) in [5.74, 6) is 0.491. The van der Waals surface area contributed by atoms with Crippen molar-refractivity contribution >= 4 is 23.2 Å². The first-order chi connectivity index (χ1) is 14.6. The number of hydrogen-bond acceptors (Lipinski definition) is 4. The molecule has 0 unspecified atom stereocenters. The summed E-state index contributed by atoms with van der Waals surface area (Å²) in [6.07, 6.45) is 3.51. The fourth-order valence-corrected chi connectivity index (χ4v) is 3.01. The van der Waals surface area contributed by atoms with Gasteiger partial charge in [-0.2, -0.15) is 0 Å². The molecule has 0 heterocycles. The standard InChI is InChI=1S/C24H31N3O3/c1-4-13-27(14-5-2)24(29)19-9-7-10-20(16-19)25-18-23(28)26-21-11-8-12-22(17-21)30-15-6-3/h6-12,16-17,25H,3-5,13-15,18H2,1-2H3,(H,26,28). The zero-order chi connectivity index (χ0) is 21.8. The third kappa shape index (κ3) is 7.28. The number of rotatable bonds is 12. The number of ether oxygens (including phenoxy) is 1. The topological polar surface area (TPSA) is 70.7 Å². The summed E-state index contributed by atoms with van der Waals surface area (Å²) in [6.45, 7) is 9.71. The second-order valence-corrected chi connectivity index (χ2v) is 6.90. The summed E-state index contributed by atoms with van der Waals surface area (Å²) >= 11 is 0. The smallest absolute Gasteiger partial charge is 0.253 e. The van der Waals surface area contributed by atoms with Crippen molar-refractivity contribution < 1.29 is 14.3 Å². The van der Waals surface area contributed by atoms with Crippen LogP contribution in [0, 0.1) is 0 Å². The van der Waals surface area contributed by atoms with Crippen molar-refractivity contribution in [3.05, 3.63) is 66.7 Å². The number of benzene rings is 2. The highest BCUT2D eigenvalue weighted by atomic mass is 16.5. The Morgan fingerprint density at radius 2 is 1.73 bits per heavy atom. The average Bonchev–Trinajstić information content (AvgIpc) is 2.76. The second-order valence-electron chi connectivity index (χ2n) is 6.90. The van der Waals surface area contributed by atoms with Crippen LogP contribution < -0.4 is 15.4 Å². The van der Waals surface area contributed by atoms with Gasteiger partial charge >= 0.3 is 0 Å². The van der Waals surface area contributed by atoms with Crippen molar-refractivity contribution in [3.8, 4) is 5.75 Å². The molecule has 0 aromatic heterocycles. The van der Waals surface area contributed by atoms with Crippen LogP contribution in [0.4, 0.5) is 11.4 Å². The summed E-state index contributed by atoms with van der Waals surface area (Å²) in [5.41, 5.74) is 2.00. The van der Waals surface area contributed by atoms with Gasteiger partial charge in [-0.25, -0.2) is 0 Å². The van der Waals surface area contributed by atoms with E-state index in [1.165, 1.54) is 0 Å². The molecule has 30 heavy (non-hydrogen) atoms. The first kappa shape index (κ1) is 23.0. The van der Waals surface area contributed by atoms with Gasteiger partial charge in [0.1, 0.15) is 12.4 Å². The third-order valence-electron chi connectivity index (χ3n) is 4.32. The molecule has 0 atom stereocenters. The molecule has 6 nitrogen and oxygen atoms in total. The molecule has 2 amide bonds. The molecular weight excluding hydrogens is 378 g/mol. The van der Waals surface area contributed by atoms with Gasteiger partial charge in [0.2, 0.25) is 5.91 Å². The molecule has 0 bridgehead atoms. The SMILES string of the molecule is C=CCOc1cccc(NC(=O)CNc2cccc(C(=O)N(CCC)CCC)c2)c1. The minimum Gasteiger partial charge on any atom is -0.489 e. The number of nitrogens with zero attached hydrogens (tertiary/aromatic N) is 1. The zero-order valence-corrected chi connectivity index (χ0v) is 17.8. The van der Waals surface area contributed by atoms with Gasteiger partial charge in [0.05, 0.1) is 6.54 Å². The molecule has 0 spiro atoms. The van der Waals surface area contributed by atoms with E-state index in [9.17, 15) is 9.59 Å². The molecule has 0 aliphatic carbocycles. The quantitative estimate of drug-likeness (QED) is 0.504. The maximum Gasteiger partial charge on any atom is 0.253 e. The van der Waals surface area contributed by atoms with E-state index >= 15 is 0 Å². The molecule has 0 aliphatic rings. The lowest BCUT2D eigenvalue weighted by atomic mass is 10.1. The minimum atomic E-state index is -0.189. The van der Waals surface area contributed by atoms with Crippen LogP contribution >= 0.6 is 0 Å². The molecule has 2 N–H and O–H groups in total. The third-order valence-corrected chi connectivity index (χ3v) is 4.32. The first-order valence-electron chi connectivity index (χ1n) is 10.3. The molecule has 0 saturated heterocycles. The van der Waals surface area contributed by atoms with Gasteiger partial charge in [0, 0.05) is 36.1 Å². The highest BCUT2D eigenvalue weighted by molar-refractivity contribution is 5.96. The van der Waals surface area contributed by atoms with E-state index in [4.69, 9.17) is 4.74 Å². The van der Waals surface area contributed by atoms with Crippen LogP contribution in [-0.4, -0.2) is 43.0 Å². The Hall–Kier alpha value is -3.28. The van der Waals surface area contributed by atoms with Crippen LogP contribution in [0.3, 0.4) is 0 Å². The van der Waals surface area contributed by atoms with Crippen LogP contribution in [-0.2, 0) is 4.79 Å². The average molecular weight is 410 g/mol. The number of carbonyl (C=O) groups is 2. The van der Waals surface area contributed by atoms with Gasteiger partial charge in [0.15, 0.2) is 0 Å². The number of nitrogens with one attached hydrogen (secondary N) is 2. The van der Waals surface area contributed by atoms with Crippen molar-refractivity contribution in [1.29, 1.82) is 0 Å². The fraction of sp³-hybridized carbons (Fsp3) is 0.333. The molecule has 2 rings (SSSR count). The van der Waals surface area contributed by atoms with E-state index in [1.807, 2.05) is 29.2 Å². The Bertz CT molecular complexity index is 845. The fourth-order valence-electron chi connectivity index (χ4n) is 3.01. The molecule has 0 radical (unpaired) electrons. The summed E-state index contributed by atoms with van der Waals surface area (Å²) < 4.78 is 5.48. The number of amides is 2. The lowest BCUT2D eigenvalue weighted by Gasteiger charge is -2.21. The molecule has 0 fully saturated rings. The lowest BCUT2D eigenvalue weighted by Crippen LogP contribution is -2.32. The Morgan fingerprint density at radius 1 is 1.03 bits per heavy atom. The van der Waals surface area contributed by atoms with Crippen LogP contribution in [0.25, 0.3) is 0 Å². The normalized spacial score (nSPS) is 10.2. The number of carbonyl (C=O) groups excluding carboxylic acids is 2. The van der Waals surface area contributed by atoms with Crippen molar-refractivity contribution in [2.75, 3.05) is 36.9 Å². The number of anilines is 2. The van der Waals surface area contributed by atoms with E-state index < -0.39 is 0 Å². The van der Waals surface area contributed by atoms with Crippen LogP contribution in [0.1, 0.15) is 37.0 Å². The van der Waals surface area contributed by atoms with E-state index in [0.717, 1.165) is 31.6 Å². The predicted octanol–water partition coefficient (Wildman–Crippen LogP) is 4.56. The van der Waals surface area contributed by atoms with Gasteiger partial charge in [-0.15, -0.1) is 0 Å². The Kier molecular flexibility index (Phi) is 9.45. The maximum absolute atomic E-state index is 12.8. The Balaban J connectivity index is 1.94. The second kappa shape index (κ2) is 12.3. The van der Waals surface area contributed by atoms with Gasteiger partial charge < -0.3 is 20.3 Å². The van der Waals surface area contributed by atoms with Crippen LogP contribution in [0.5, 0.6) is 5.75 Å². The summed E-state index contributed by atoms with van der Waals surface area (Å²) in [4.78, 5) is 26.9. The molecule has 2 aromatic rings. The Labute approximate surface area is 178 Å². The first-order valence-corrected chi connectivity index (χ1v) is 10.3. The minimum absolute atomic E-state index is 0.0168. The maximum atomic E-state index is 12.8. The highest BCUT2D eigenvalue weighted by Crippen LogP contribution is 2.18. The van der Waals surface area contributed by atoms with Gasteiger partial charge in [0.25, 0.3) is 5.91 Å². The van der Waals surface area contributed by atoms with Gasteiger partial charge in [-0.05, 0) is 43.2 Å². The monoisotopic (exact) mass is 409 g/mol. The van der Waals surface area contributed by atoms with Gasteiger partial charge in [-0.1, -0.05) is 38.6 Å². The van der Waals surface area contributed by atoms with Gasteiger partial charge in [-0.3, -0.25) is 9.59 Å². The lowest BCUT2D eigenvalue weighted by molar-refractivity contribution is -0.114. The highest BCUT2D eigenvalue weighted by Gasteiger charge is 2.14. The van der Waals surface area contributed by atoms with Crippen LogP contribution in [0.15, 0.2) is 61.2 Å². The van der Waals surface area contributed by atoms with E-state index in [1.54, 1.807) is 30.3 Å². The molecule has 6 heteroatoms.